The lowest BCUT2D eigenvalue weighted by Gasteiger charge is -2.02. The van der Waals surface area contributed by atoms with Crippen LogP contribution in [0.15, 0.2) is 18.2 Å². The van der Waals surface area contributed by atoms with Gasteiger partial charge >= 0.3 is 0 Å². The smallest absolute Gasteiger partial charge is 0.123 e. The number of hydrogen-bond acceptors (Lipinski definition) is 3. The van der Waals surface area contributed by atoms with Crippen molar-refractivity contribution < 1.29 is 14.3 Å². The standard InChI is InChI=1S/C8H10FNO2/c9-7-1-2-8(11)6(5-7)3-4-12-10/h1-2,5,11H,3-4,10H2. The molecule has 0 saturated heterocycles. The van der Waals surface area contributed by atoms with Gasteiger partial charge in [0.25, 0.3) is 0 Å². The zero-order valence-electron chi connectivity index (χ0n) is 6.46. The Morgan fingerprint density at radius 2 is 2.25 bits per heavy atom. The molecule has 0 aromatic heterocycles. The molecule has 0 spiro atoms. The first-order chi connectivity index (χ1) is 5.74. The largest absolute Gasteiger partial charge is 0.508 e. The third-order valence-corrected chi connectivity index (χ3v) is 1.53. The van der Waals surface area contributed by atoms with Gasteiger partial charge in [-0.25, -0.2) is 10.3 Å². The second-order valence-electron chi connectivity index (χ2n) is 2.39. The van der Waals surface area contributed by atoms with Crippen LogP contribution in [0.1, 0.15) is 5.56 Å². The molecule has 0 atom stereocenters. The molecule has 3 nitrogen and oxygen atoms in total. The van der Waals surface area contributed by atoms with E-state index in [2.05, 4.69) is 4.84 Å². The summed E-state index contributed by atoms with van der Waals surface area (Å²) >= 11 is 0. The number of phenols is 1. The van der Waals surface area contributed by atoms with Gasteiger partial charge in [-0.05, 0) is 23.8 Å². The van der Waals surface area contributed by atoms with Gasteiger partial charge in [0.15, 0.2) is 0 Å². The molecule has 0 radical (unpaired) electrons. The predicted molar refractivity (Wildman–Crippen MR) is 41.9 cm³/mol. The van der Waals surface area contributed by atoms with Gasteiger partial charge < -0.3 is 9.94 Å². The molecule has 1 aromatic rings. The van der Waals surface area contributed by atoms with Gasteiger partial charge in [0.05, 0.1) is 6.61 Å². The van der Waals surface area contributed by atoms with Crippen molar-refractivity contribution in [2.75, 3.05) is 6.61 Å². The highest BCUT2D eigenvalue weighted by molar-refractivity contribution is 5.32. The average molecular weight is 171 g/mol. The lowest BCUT2D eigenvalue weighted by molar-refractivity contribution is 0.140. The Morgan fingerprint density at radius 1 is 1.50 bits per heavy atom. The third kappa shape index (κ3) is 2.18. The van der Waals surface area contributed by atoms with Crippen LogP contribution >= 0.6 is 0 Å². The van der Waals surface area contributed by atoms with Gasteiger partial charge in [0, 0.05) is 6.42 Å². The van der Waals surface area contributed by atoms with E-state index in [1.165, 1.54) is 18.2 Å². The molecule has 0 aliphatic rings. The molecule has 0 heterocycles. The number of nitrogens with two attached hydrogens (primary N) is 1. The van der Waals surface area contributed by atoms with Crippen molar-refractivity contribution in [2.45, 2.75) is 6.42 Å². The van der Waals surface area contributed by atoms with E-state index in [0.717, 1.165) is 0 Å². The van der Waals surface area contributed by atoms with E-state index in [1.807, 2.05) is 0 Å². The summed E-state index contributed by atoms with van der Waals surface area (Å²) in [5.41, 5.74) is 0.500. The van der Waals surface area contributed by atoms with Crippen molar-refractivity contribution in [3.8, 4) is 5.75 Å². The van der Waals surface area contributed by atoms with Crippen LogP contribution in [0.5, 0.6) is 5.75 Å². The molecule has 0 amide bonds. The fourth-order valence-electron chi connectivity index (χ4n) is 0.923. The topological polar surface area (TPSA) is 55.5 Å². The second-order valence-corrected chi connectivity index (χ2v) is 2.39. The maximum atomic E-state index is 12.6. The Morgan fingerprint density at radius 3 is 2.92 bits per heavy atom. The summed E-state index contributed by atoms with van der Waals surface area (Å²) in [7, 11) is 0. The Labute approximate surface area is 69.5 Å². The predicted octanol–water partition coefficient (Wildman–Crippen LogP) is 0.964. The quantitative estimate of drug-likeness (QED) is 0.666. The molecule has 1 rings (SSSR count). The number of hydrogen-bond donors (Lipinski definition) is 2. The number of benzene rings is 1. The first kappa shape index (κ1) is 8.96. The molecular weight excluding hydrogens is 161 g/mol. The van der Waals surface area contributed by atoms with Crippen LogP contribution in [-0.4, -0.2) is 11.7 Å². The van der Waals surface area contributed by atoms with Crippen LogP contribution in [0.3, 0.4) is 0 Å². The molecular formula is C8H10FNO2. The van der Waals surface area contributed by atoms with Crippen molar-refractivity contribution in [1.29, 1.82) is 0 Å². The Hall–Kier alpha value is -1.13. The van der Waals surface area contributed by atoms with Crippen LogP contribution in [0.25, 0.3) is 0 Å². The maximum Gasteiger partial charge on any atom is 0.123 e. The minimum atomic E-state index is -0.375. The van der Waals surface area contributed by atoms with Crippen molar-refractivity contribution in [1.82, 2.24) is 0 Å². The molecule has 12 heavy (non-hydrogen) atoms. The number of rotatable bonds is 3. The second kappa shape index (κ2) is 4.04. The summed E-state index contributed by atoms with van der Waals surface area (Å²) in [6.45, 7) is 0.261. The molecule has 0 bridgehead atoms. The van der Waals surface area contributed by atoms with Crippen LogP contribution in [0.2, 0.25) is 0 Å². The molecule has 66 valence electrons. The Kier molecular flexibility index (Phi) is 3.01. The van der Waals surface area contributed by atoms with Gasteiger partial charge in [0.1, 0.15) is 11.6 Å². The fraction of sp³-hybridized carbons (Fsp3) is 0.250. The highest BCUT2D eigenvalue weighted by atomic mass is 19.1. The lowest BCUT2D eigenvalue weighted by Crippen LogP contribution is -2.03. The van der Waals surface area contributed by atoms with E-state index in [0.29, 0.717) is 12.0 Å². The van der Waals surface area contributed by atoms with Crippen LogP contribution in [0.4, 0.5) is 4.39 Å². The first-order valence-corrected chi connectivity index (χ1v) is 3.53. The summed E-state index contributed by atoms with van der Waals surface area (Å²) in [6.07, 6.45) is 0.403. The van der Waals surface area contributed by atoms with Gasteiger partial charge in [-0.2, -0.15) is 0 Å². The normalized spacial score (nSPS) is 10.2. The summed E-state index contributed by atoms with van der Waals surface area (Å²) in [4.78, 5) is 4.31. The van der Waals surface area contributed by atoms with Crippen molar-refractivity contribution in [3.63, 3.8) is 0 Å². The fourth-order valence-corrected chi connectivity index (χ4v) is 0.923. The summed E-state index contributed by atoms with van der Waals surface area (Å²) < 4.78 is 12.6. The molecule has 3 N–H and O–H groups in total. The van der Waals surface area contributed by atoms with E-state index in [1.54, 1.807) is 0 Å². The van der Waals surface area contributed by atoms with E-state index >= 15 is 0 Å². The van der Waals surface area contributed by atoms with E-state index < -0.39 is 0 Å². The first-order valence-electron chi connectivity index (χ1n) is 3.53. The molecule has 0 aliphatic carbocycles. The van der Waals surface area contributed by atoms with Gasteiger partial charge in [-0.3, -0.25) is 0 Å². The molecule has 0 fully saturated rings. The minimum Gasteiger partial charge on any atom is -0.508 e. The van der Waals surface area contributed by atoms with Crippen LogP contribution in [-0.2, 0) is 11.3 Å². The molecule has 0 unspecified atom stereocenters. The van der Waals surface area contributed by atoms with Crippen LogP contribution < -0.4 is 5.90 Å². The molecule has 0 aliphatic heterocycles. The van der Waals surface area contributed by atoms with E-state index in [-0.39, 0.29) is 18.2 Å². The zero-order chi connectivity index (χ0) is 8.97. The highest BCUT2D eigenvalue weighted by Gasteiger charge is 2.01. The van der Waals surface area contributed by atoms with Crippen molar-refractivity contribution in [3.05, 3.63) is 29.6 Å². The van der Waals surface area contributed by atoms with Crippen molar-refractivity contribution in [2.24, 2.45) is 5.90 Å². The summed E-state index contributed by atoms with van der Waals surface area (Å²) in [5.74, 6) is 4.48. The molecule has 4 heteroatoms. The Bertz CT molecular complexity index is 265. The van der Waals surface area contributed by atoms with E-state index in [4.69, 9.17) is 5.90 Å². The SMILES string of the molecule is NOCCc1cc(F)ccc1O. The molecule has 0 saturated carbocycles. The number of halogens is 1. The maximum absolute atomic E-state index is 12.6. The van der Waals surface area contributed by atoms with Gasteiger partial charge in [-0.1, -0.05) is 0 Å². The lowest BCUT2D eigenvalue weighted by atomic mass is 10.1. The average Bonchev–Trinajstić information content (AvgIpc) is 2.07. The molecule has 1 aromatic carbocycles. The summed E-state index contributed by atoms with van der Waals surface area (Å²) in [5, 5.41) is 9.20. The zero-order valence-corrected chi connectivity index (χ0v) is 6.46. The summed E-state index contributed by atoms with van der Waals surface area (Å²) in [6, 6.07) is 3.76. The minimum absolute atomic E-state index is 0.0634. The van der Waals surface area contributed by atoms with Crippen molar-refractivity contribution >= 4 is 0 Å². The van der Waals surface area contributed by atoms with Gasteiger partial charge in [-0.15, -0.1) is 0 Å². The highest BCUT2D eigenvalue weighted by Crippen LogP contribution is 2.17. The number of phenolic OH excluding ortho intramolecular Hbond substituents is 1. The van der Waals surface area contributed by atoms with Gasteiger partial charge in [0.2, 0.25) is 0 Å². The third-order valence-electron chi connectivity index (χ3n) is 1.53. The van der Waals surface area contributed by atoms with E-state index in [9.17, 15) is 9.50 Å². The Balaban J connectivity index is 2.75. The monoisotopic (exact) mass is 171 g/mol. The van der Waals surface area contributed by atoms with Crippen LogP contribution in [0, 0.1) is 5.82 Å². The number of aromatic hydroxyl groups is 1.